The molecule has 2 aliphatic heterocycles. The van der Waals surface area contributed by atoms with E-state index in [1.807, 2.05) is 6.07 Å². The molecule has 164 valence electrons. The lowest BCUT2D eigenvalue weighted by Gasteiger charge is -2.29. The van der Waals surface area contributed by atoms with Gasteiger partial charge in [0.05, 0.1) is 4.92 Å². The number of nitro benzene ring substituents is 1. The third kappa shape index (κ3) is 4.28. The molecule has 2 aromatic rings. The molecule has 0 saturated carbocycles. The molecule has 11 heteroatoms. The molecular weight excluding hydrogens is 434 g/mol. The number of para-hydroxylation sites is 2. The van der Waals surface area contributed by atoms with Gasteiger partial charge < -0.3 is 15.5 Å². The maximum atomic E-state index is 12.8. The van der Waals surface area contributed by atoms with E-state index in [2.05, 4.69) is 16.0 Å². The van der Waals surface area contributed by atoms with Crippen LogP contribution in [0.1, 0.15) is 34.3 Å². The van der Waals surface area contributed by atoms with Crippen LogP contribution >= 0.6 is 12.2 Å². The zero-order chi connectivity index (χ0) is 22.8. The predicted octanol–water partition coefficient (Wildman–Crippen LogP) is 1.84. The summed E-state index contributed by atoms with van der Waals surface area (Å²) in [5, 5.41) is 19.5. The van der Waals surface area contributed by atoms with Crippen molar-refractivity contribution in [1.82, 2.24) is 15.5 Å². The van der Waals surface area contributed by atoms with Gasteiger partial charge in [-0.2, -0.15) is 0 Å². The third-order valence-electron chi connectivity index (χ3n) is 5.39. The minimum atomic E-state index is -0.660. The fourth-order valence-corrected chi connectivity index (χ4v) is 4.01. The van der Waals surface area contributed by atoms with Gasteiger partial charge in [-0.25, -0.2) is 0 Å². The molecule has 2 aromatic carbocycles. The van der Waals surface area contributed by atoms with Crippen molar-refractivity contribution >= 4 is 46.4 Å². The molecule has 0 radical (unpaired) electrons. The van der Waals surface area contributed by atoms with Crippen molar-refractivity contribution in [3.05, 3.63) is 69.3 Å². The van der Waals surface area contributed by atoms with Crippen molar-refractivity contribution in [3.63, 3.8) is 0 Å². The highest BCUT2D eigenvalue weighted by Crippen LogP contribution is 2.28. The number of nitro groups is 1. The van der Waals surface area contributed by atoms with Gasteiger partial charge in [0.25, 0.3) is 11.6 Å². The van der Waals surface area contributed by atoms with E-state index < -0.39 is 16.9 Å². The average molecular weight is 453 g/mol. The number of rotatable bonds is 5. The van der Waals surface area contributed by atoms with Gasteiger partial charge in [-0.1, -0.05) is 24.3 Å². The highest BCUT2D eigenvalue weighted by molar-refractivity contribution is 7.80. The Morgan fingerprint density at radius 1 is 1.22 bits per heavy atom. The Morgan fingerprint density at radius 2 is 2.00 bits per heavy atom. The number of nitrogens with zero attached hydrogens (tertiary/aromatic N) is 2. The molecule has 3 amide bonds. The lowest BCUT2D eigenvalue weighted by atomic mass is 10.0. The van der Waals surface area contributed by atoms with E-state index in [1.165, 1.54) is 11.0 Å². The second-order valence-electron chi connectivity index (χ2n) is 7.47. The number of amides is 3. The Bertz CT molecular complexity index is 1150. The van der Waals surface area contributed by atoms with Crippen molar-refractivity contribution < 1.29 is 19.3 Å². The molecule has 1 unspecified atom stereocenters. The van der Waals surface area contributed by atoms with Crippen LogP contribution in [0.3, 0.4) is 0 Å². The highest BCUT2D eigenvalue weighted by Gasteiger charge is 2.39. The van der Waals surface area contributed by atoms with Gasteiger partial charge in [-0.15, -0.1) is 0 Å². The maximum absolute atomic E-state index is 12.8. The Hall–Kier alpha value is -3.86. The standard InChI is InChI=1S/C21H19N5O5S/c27-18-8-7-17(19(28)24-18)25-11-13-9-12(5-6-14(13)20(25)29)10-22-21(32)23-15-3-1-2-4-16(15)26(30)31/h1-6,9,17H,7-8,10-11H2,(H2,22,23,32)(H,24,27,28). The van der Waals surface area contributed by atoms with Gasteiger partial charge >= 0.3 is 0 Å². The van der Waals surface area contributed by atoms with Gasteiger partial charge in [0.1, 0.15) is 11.7 Å². The lowest BCUT2D eigenvalue weighted by molar-refractivity contribution is -0.383. The molecule has 10 nitrogen and oxygen atoms in total. The van der Waals surface area contributed by atoms with Crippen LogP contribution in [-0.4, -0.2) is 38.7 Å². The van der Waals surface area contributed by atoms with E-state index in [0.717, 1.165) is 11.1 Å². The number of nitrogens with one attached hydrogen (secondary N) is 3. The molecule has 1 fully saturated rings. The van der Waals surface area contributed by atoms with Gasteiger partial charge in [0, 0.05) is 31.1 Å². The van der Waals surface area contributed by atoms with Gasteiger partial charge in [0.15, 0.2) is 5.11 Å². The molecule has 2 aliphatic rings. The van der Waals surface area contributed by atoms with Crippen molar-refractivity contribution in [2.75, 3.05) is 5.32 Å². The van der Waals surface area contributed by atoms with E-state index >= 15 is 0 Å². The Kier molecular flexibility index (Phi) is 5.82. The number of hydrogen-bond acceptors (Lipinski definition) is 6. The number of hydrogen-bond donors (Lipinski definition) is 3. The Balaban J connectivity index is 1.39. The first-order chi connectivity index (χ1) is 15.3. The zero-order valence-electron chi connectivity index (χ0n) is 16.8. The lowest BCUT2D eigenvalue weighted by Crippen LogP contribution is -2.52. The van der Waals surface area contributed by atoms with Crippen molar-refractivity contribution in [2.45, 2.75) is 32.0 Å². The highest BCUT2D eigenvalue weighted by atomic mass is 32.1. The monoisotopic (exact) mass is 453 g/mol. The molecule has 0 spiro atoms. The maximum Gasteiger partial charge on any atom is 0.292 e. The van der Waals surface area contributed by atoms with Gasteiger partial charge in [0.2, 0.25) is 11.8 Å². The minimum absolute atomic E-state index is 0.0822. The molecule has 1 atom stereocenters. The van der Waals surface area contributed by atoms with Crippen LogP contribution in [0.25, 0.3) is 0 Å². The van der Waals surface area contributed by atoms with Crippen LogP contribution < -0.4 is 16.0 Å². The summed E-state index contributed by atoms with van der Waals surface area (Å²) in [6, 6.07) is 10.9. The summed E-state index contributed by atoms with van der Waals surface area (Å²) in [7, 11) is 0. The third-order valence-corrected chi connectivity index (χ3v) is 5.64. The first-order valence-corrected chi connectivity index (χ1v) is 10.3. The smallest absolute Gasteiger partial charge is 0.292 e. The Labute approximate surface area is 188 Å². The molecule has 0 aromatic heterocycles. The summed E-state index contributed by atoms with van der Waals surface area (Å²) < 4.78 is 0. The minimum Gasteiger partial charge on any atom is -0.358 e. The van der Waals surface area contributed by atoms with Crippen molar-refractivity contribution in [2.24, 2.45) is 0 Å². The quantitative estimate of drug-likeness (QED) is 0.270. The molecule has 0 bridgehead atoms. The van der Waals surface area contributed by atoms with Crippen LogP contribution in [0.15, 0.2) is 42.5 Å². The molecule has 3 N–H and O–H groups in total. The van der Waals surface area contributed by atoms with Crippen LogP contribution in [0.4, 0.5) is 11.4 Å². The first kappa shape index (κ1) is 21.4. The van der Waals surface area contributed by atoms with Crippen molar-refractivity contribution in [3.8, 4) is 0 Å². The SMILES string of the molecule is O=C1CCC(N2Cc3cc(CNC(=S)Nc4ccccc4[N+](=O)[O-])ccc3C2=O)C(=O)N1. The van der Waals surface area contributed by atoms with E-state index in [1.54, 1.807) is 30.3 Å². The van der Waals surface area contributed by atoms with Crippen LogP contribution in [0, 0.1) is 10.1 Å². The second-order valence-corrected chi connectivity index (χ2v) is 7.88. The molecule has 32 heavy (non-hydrogen) atoms. The van der Waals surface area contributed by atoms with E-state index in [0.29, 0.717) is 18.5 Å². The molecule has 4 rings (SSSR count). The normalized spacial score (nSPS) is 17.6. The number of anilines is 1. The van der Waals surface area contributed by atoms with Crippen LogP contribution in [0.5, 0.6) is 0 Å². The predicted molar refractivity (Wildman–Crippen MR) is 119 cm³/mol. The number of thiocarbonyl (C=S) groups is 1. The average Bonchev–Trinajstić information content (AvgIpc) is 3.08. The zero-order valence-corrected chi connectivity index (χ0v) is 17.6. The number of fused-ring (bicyclic) bond motifs is 1. The Morgan fingerprint density at radius 3 is 2.75 bits per heavy atom. The summed E-state index contributed by atoms with van der Waals surface area (Å²) >= 11 is 5.25. The number of piperidine rings is 1. The summed E-state index contributed by atoms with van der Waals surface area (Å²) in [6.45, 7) is 0.625. The van der Waals surface area contributed by atoms with Crippen molar-refractivity contribution in [1.29, 1.82) is 0 Å². The summed E-state index contributed by atoms with van der Waals surface area (Å²) in [5.41, 5.74) is 2.37. The fraction of sp³-hybridized carbons (Fsp3) is 0.238. The summed E-state index contributed by atoms with van der Waals surface area (Å²) in [4.78, 5) is 48.4. The van der Waals surface area contributed by atoms with E-state index in [-0.39, 0.29) is 41.3 Å². The molecule has 1 saturated heterocycles. The largest absolute Gasteiger partial charge is 0.358 e. The molecular formula is C21H19N5O5S. The second kappa shape index (κ2) is 8.71. The summed E-state index contributed by atoms with van der Waals surface area (Å²) in [6.07, 6.45) is 0.514. The van der Waals surface area contributed by atoms with Gasteiger partial charge in [-0.3, -0.25) is 29.8 Å². The van der Waals surface area contributed by atoms with Crippen LogP contribution in [0.2, 0.25) is 0 Å². The summed E-state index contributed by atoms with van der Waals surface area (Å²) in [5.74, 6) is -1.01. The number of imide groups is 1. The van der Waals surface area contributed by atoms with E-state index in [9.17, 15) is 24.5 Å². The number of carbonyl (C=O) groups excluding carboxylic acids is 3. The molecule has 0 aliphatic carbocycles. The number of carbonyl (C=O) groups is 3. The molecule has 2 heterocycles. The van der Waals surface area contributed by atoms with Gasteiger partial charge in [-0.05, 0) is 41.9 Å². The van der Waals surface area contributed by atoms with Crippen LogP contribution in [-0.2, 0) is 22.7 Å². The topological polar surface area (TPSA) is 134 Å². The number of benzene rings is 2. The fourth-order valence-electron chi connectivity index (χ4n) is 3.83. The van der Waals surface area contributed by atoms with E-state index in [4.69, 9.17) is 12.2 Å². The first-order valence-electron chi connectivity index (χ1n) is 9.88.